The van der Waals surface area contributed by atoms with Crippen molar-refractivity contribution >= 4 is 41.9 Å². The first-order valence-electron chi connectivity index (χ1n) is 6.50. The first-order chi connectivity index (χ1) is 9.31. The Bertz CT molecular complexity index is 545. The number of likely N-dealkylation sites (N-methyl/N-ethyl adjacent to an activating group) is 1. The molecule has 0 aliphatic rings. The predicted octanol–water partition coefficient (Wildman–Crippen LogP) is 3.22. The molecule has 20 heavy (non-hydrogen) atoms. The number of benzene rings is 1. The van der Waals surface area contributed by atoms with Crippen LogP contribution in [0.3, 0.4) is 0 Å². The Balaban J connectivity index is 2.83. The number of rotatable bonds is 7. The second-order valence-electron chi connectivity index (χ2n) is 4.50. The lowest BCUT2D eigenvalue weighted by atomic mass is 10.3. The normalized spacial score (nSPS) is 13.7. The van der Waals surface area contributed by atoms with Gasteiger partial charge in [0, 0.05) is 21.5 Å². The molecule has 1 N–H and O–H groups in total. The fraction of sp³-hybridized carbons (Fsp3) is 0.538. The van der Waals surface area contributed by atoms with Crippen molar-refractivity contribution in [3.63, 3.8) is 0 Å². The van der Waals surface area contributed by atoms with Gasteiger partial charge in [0.2, 0.25) is 10.0 Å². The maximum Gasteiger partial charge on any atom is 0.241 e. The first kappa shape index (κ1) is 18.1. The van der Waals surface area contributed by atoms with Gasteiger partial charge in [-0.15, -0.1) is 0 Å². The van der Waals surface area contributed by atoms with E-state index in [1.807, 2.05) is 6.92 Å². The van der Waals surface area contributed by atoms with Crippen molar-refractivity contribution in [2.75, 3.05) is 19.6 Å². The lowest BCUT2D eigenvalue weighted by molar-refractivity contribution is 0.232. The van der Waals surface area contributed by atoms with Gasteiger partial charge in [0.1, 0.15) is 0 Å². The van der Waals surface area contributed by atoms with Gasteiger partial charge >= 0.3 is 0 Å². The van der Waals surface area contributed by atoms with Gasteiger partial charge in [-0.3, -0.25) is 4.90 Å². The molecule has 0 bridgehead atoms. The molecule has 0 spiro atoms. The average Bonchev–Trinajstić information content (AvgIpc) is 2.40. The predicted molar refractivity (Wildman–Crippen MR) is 89.4 cm³/mol. The molecule has 0 radical (unpaired) electrons. The molecule has 4 nitrogen and oxygen atoms in total. The standard InChI is InChI=1S/C13H20Br2N2O2S/c1-4-17(5-2)10(3)9-16-20(18,19)13-8-11(14)6-7-12(13)15/h6-8,10,16H,4-5,9H2,1-3H3. The zero-order chi connectivity index (χ0) is 15.3. The number of nitrogens with zero attached hydrogens (tertiary/aromatic N) is 1. The summed E-state index contributed by atoms with van der Waals surface area (Å²) in [6, 6.07) is 5.26. The van der Waals surface area contributed by atoms with Gasteiger partial charge in [0.25, 0.3) is 0 Å². The van der Waals surface area contributed by atoms with Crippen LogP contribution >= 0.6 is 31.9 Å². The van der Waals surface area contributed by atoms with Crippen LogP contribution in [0.2, 0.25) is 0 Å². The van der Waals surface area contributed by atoms with Crippen LogP contribution < -0.4 is 4.72 Å². The molecule has 0 aliphatic heterocycles. The molecule has 7 heteroatoms. The molecule has 0 amide bonds. The van der Waals surface area contributed by atoms with Crippen molar-refractivity contribution in [1.82, 2.24) is 9.62 Å². The summed E-state index contributed by atoms with van der Waals surface area (Å²) in [6.07, 6.45) is 0. The third kappa shape index (κ3) is 4.80. The summed E-state index contributed by atoms with van der Waals surface area (Å²) >= 11 is 6.57. The number of hydrogen-bond donors (Lipinski definition) is 1. The van der Waals surface area contributed by atoms with Gasteiger partial charge in [-0.25, -0.2) is 13.1 Å². The highest BCUT2D eigenvalue weighted by Gasteiger charge is 2.20. The van der Waals surface area contributed by atoms with Crippen LogP contribution in [0.5, 0.6) is 0 Å². The highest BCUT2D eigenvalue weighted by molar-refractivity contribution is 9.11. The fourth-order valence-corrected chi connectivity index (χ4v) is 4.59. The van der Waals surface area contributed by atoms with E-state index in [9.17, 15) is 8.42 Å². The van der Waals surface area contributed by atoms with Crippen molar-refractivity contribution in [2.45, 2.75) is 31.7 Å². The third-order valence-corrected chi connectivity index (χ3v) is 6.10. The minimum Gasteiger partial charge on any atom is -0.300 e. The summed E-state index contributed by atoms with van der Waals surface area (Å²) < 4.78 is 28.6. The molecule has 1 atom stereocenters. The molecule has 0 aromatic heterocycles. The molecule has 0 saturated heterocycles. The molecule has 114 valence electrons. The van der Waals surface area contributed by atoms with Crippen LogP contribution in [-0.4, -0.2) is 39.0 Å². The lowest BCUT2D eigenvalue weighted by Gasteiger charge is -2.26. The molecule has 0 aliphatic carbocycles. The number of nitrogens with one attached hydrogen (secondary N) is 1. The highest BCUT2D eigenvalue weighted by atomic mass is 79.9. The van der Waals surface area contributed by atoms with Crippen LogP contribution in [0.1, 0.15) is 20.8 Å². The third-order valence-electron chi connectivity index (χ3n) is 3.19. The lowest BCUT2D eigenvalue weighted by Crippen LogP contribution is -2.42. The monoisotopic (exact) mass is 426 g/mol. The summed E-state index contributed by atoms with van der Waals surface area (Å²) in [4.78, 5) is 2.46. The van der Waals surface area contributed by atoms with E-state index in [2.05, 4.69) is 55.3 Å². The summed E-state index contributed by atoms with van der Waals surface area (Å²) in [6.45, 7) is 8.35. The molecule has 1 rings (SSSR count). The van der Waals surface area contributed by atoms with E-state index < -0.39 is 10.0 Å². The molecular weight excluding hydrogens is 408 g/mol. The van der Waals surface area contributed by atoms with E-state index in [-0.39, 0.29) is 10.9 Å². The Labute approximate surface area is 138 Å². The van der Waals surface area contributed by atoms with Gasteiger partial charge in [-0.2, -0.15) is 0 Å². The van der Waals surface area contributed by atoms with E-state index >= 15 is 0 Å². The van der Waals surface area contributed by atoms with Crippen molar-refractivity contribution in [3.8, 4) is 0 Å². The van der Waals surface area contributed by atoms with E-state index in [1.54, 1.807) is 18.2 Å². The van der Waals surface area contributed by atoms with Crippen LogP contribution in [0, 0.1) is 0 Å². The maximum atomic E-state index is 12.3. The Morgan fingerprint density at radius 3 is 2.40 bits per heavy atom. The summed E-state index contributed by atoms with van der Waals surface area (Å²) in [5, 5.41) is 0. The van der Waals surface area contributed by atoms with Gasteiger partial charge < -0.3 is 0 Å². The number of sulfonamides is 1. The largest absolute Gasteiger partial charge is 0.300 e. The van der Waals surface area contributed by atoms with Crippen LogP contribution in [0.4, 0.5) is 0 Å². The van der Waals surface area contributed by atoms with E-state index in [0.29, 0.717) is 11.0 Å². The quantitative estimate of drug-likeness (QED) is 0.726. The Morgan fingerprint density at radius 2 is 1.85 bits per heavy atom. The Hall–Kier alpha value is 0.0500. The molecule has 0 saturated carbocycles. The second-order valence-corrected chi connectivity index (χ2v) is 8.00. The Kier molecular flexibility index (Phi) is 7.14. The van der Waals surface area contributed by atoms with E-state index in [0.717, 1.165) is 17.6 Å². The number of hydrogen-bond acceptors (Lipinski definition) is 3. The van der Waals surface area contributed by atoms with E-state index in [4.69, 9.17) is 0 Å². The first-order valence-corrected chi connectivity index (χ1v) is 9.57. The van der Waals surface area contributed by atoms with Crippen molar-refractivity contribution in [1.29, 1.82) is 0 Å². The zero-order valence-corrected chi connectivity index (χ0v) is 15.8. The van der Waals surface area contributed by atoms with Gasteiger partial charge in [0.05, 0.1) is 4.90 Å². The van der Waals surface area contributed by atoms with E-state index in [1.165, 1.54) is 0 Å². The maximum absolute atomic E-state index is 12.3. The van der Waals surface area contributed by atoms with Crippen LogP contribution in [0.15, 0.2) is 32.0 Å². The molecule has 1 aromatic rings. The van der Waals surface area contributed by atoms with Crippen molar-refractivity contribution in [2.24, 2.45) is 0 Å². The molecule has 1 aromatic carbocycles. The summed E-state index contributed by atoms with van der Waals surface area (Å²) in [7, 11) is -3.51. The minimum atomic E-state index is -3.51. The molecule has 1 unspecified atom stereocenters. The van der Waals surface area contributed by atoms with Crippen molar-refractivity contribution < 1.29 is 8.42 Å². The SMILES string of the molecule is CCN(CC)C(C)CNS(=O)(=O)c1cc(Br)ccc1Br. The summed E-state index contributed by atoms with van der Waals surface area (Å²) in [5.74, 6) is 0. The van der Waals surface area contributed by atoms with Crippen LogP contribution in [-0.2, 0) is 10.0 Å². The van der Waals surface area contributed by atoms with Gasteiger partial charge in [0.15, 0.2) is 0 Å². The Morgan fingerprint density at radius 1 is 1.25 bits per heavy atom. The molecular formula is C13H20Br2N2O2S. The highest BCUT2D eigenvalue weighted by Crippen LogP contribution is 2.25. The average molecular weight is 428 g/mol. The minimum absolute atomic E-state index is 0.158. The topological polar surface area (TPSA) is 49.4 Å². The summed E-state index contributed by atoms with van der Waals surface area (Å²) in [5.41, 5.74) is 0. The van der Waals surface area contributed by atoms with Crippen LogP contribution in [0.25, 0.3) is 0 Å². The zero-order valence-electron chi connectivity index (χ0n) is 11.9. The molecule has 0 heterocycles. The second kappa shape index (κ2) is 7.89. The fourth-order valence-electron chi connectivity index (χ4n) is 1.97. The number of halogens is 2. The van der Waals surface area contributed by atoms with Gasteiger partial charge in [-0.1, -0.05) is 29.8 Å². The smallest absolute Gasteiger partial charge is 0.241 e. The van der Waals surface area contributed by atoms with Crippen molar-refractivity contribution in [3.05, 3.63) is 27.1 Å². The molecule has 0 fully saturated rings. The van der Waals surface area contributed by atoms with Gasteiger partial charge in [-0.05, 0) is 54.1 Å².